The van der Waals surface area contributed by atoms with Crippen LogP contribution < -0.4 is 9.47 Å². The minimum Gasteiger partial charge on any atom is -0.497 e. The van der Waals surface area contributed by atoms with Gasteiger partial charge in [0.1, 0.15) is 16.5 Å². The van der Waals surface area contributed by atoms with Gasteiger partial charge in [-0.05, 0) is 30.2 Å². The summed E-state index contributed by atoms with van der Waals surface area (Å²) in [4.78, 5) is 16.9. The van der Waals surface area contributed by atoms with Gasteiger partial charge in [-0.3, -0.25) is 4.79 Å². The van der Waals surface area contributed by atoms with E-state index in [-0.39, 0.29) is 5.78 Å². The number of aromatic nitrogens is 1. The van der Waals surface area contributed by atoms with Crippen LogP contribution in [0.25, 0.3) is 21.7 Å². The maximum atomic E-state index is 11.6. The number of hydrogen-bond acceptors (Lipinski definition) is 5. The van der Waals surface area contributed by atoms with E-state index in [2.05, 4.69) is 4.98 Å². The summed E-state index contributed by atoms with van der Waals surface area (Å²) in [7, 11) is 3.28. The summed E-state index contributed by atoms with van der Waals surface area (Å²) in [6.45, 7) is 3.44. The van der Waals surface area contributed by atoms with Gasteiger partial charge in [-0.15, -0.1) is 11.3 Å². The normalized spacial score (nSPS) is 10.6. The first kappa shape index (κ1) is 17.2. The van der Waals surface area contributed by atoms with Crippen LogP contribution in [0.15, 0.2) is 42.5 Å². The average molecular weight is 353 g/mol. The molecule has 0 aliphatic carbocycles. The highest BCUT2D eigenvalue weighted by atomic mass is 32.1. The molecule has 4 nitrogen and oxygen atoms in total. The highest BCUT2D eigenvalue weighted by Crippen LogP contribution is 2.33. The third kappa shape index (κ3) is 3.56. The van der Waals surface area contributed by atoms with E-state index in [9.17, 15) is 4.79 Å². The van der Waals surface area contributed by atoms with E-state index in [0.717, 1.165) is 43.8 Å². The van der Waals surface area contributed by atoms with Crippen molar-refractivity contribution in [2.45, 2.75) is 13.8 Å². The molecular formula is C20H19NO3S. The highest BCUT2D eigenvalue weighted by Gasteiger charge is 2.13. The lowest BCUT2D eigenvalue weighted by molar-refractivity contribution is 0.102. The number of carbonyl (C=O) groups excluding carboxylic acids is 1. The fourth-order valence-electron chi connectivity index (χ4n) is 2.63. The maximum Gasteiger partial charge on any atom is 0.171 e. The molecule has 0 spiro atoms. The third-order valence-electron chi connectivity index (χ3n) is 3.93. The molecule has 0 aliphatic heterocycles. The Morgan fingerprint density at radius 1 is 0.920 bits per heavy atom. The largest absolute Gasteiger partial charge is 0.497 e. The van der Waals surface area contributed by atoms with Crippen molar-refractivity contribution in [3.05, 3.63) is 53.0 Å². The van der Waals surface area contributed by atoms with Crippen LogP contribution in [0.4, 0.5) is 0 Å². The maximum absolute atomic E-state index is 11.6. The number of thiazole rings is 1. The molecule has 0 aliphatic rings. The highest BCUT2D eigenvalue weighted by molar-refractivity contribution is 7.17. The van der Waals surface area contributed by atoms with Gasteiger partial charge in [0.15, 0.2) is 5.78 Å². The minimum atomic E-state index is 0.0568. The van der Waals surface area contributed by atoms with E-state index in [1.54, 1.807) is 21.1 Å². The van der Waals surface area contributed by atoms with Gasteiger partial charge in [0, 0.05) is 18.6 Å². The van der Waals surface area contributed by atoms with Crippen LogP contribution in [0.2, 0.25) is 0 Å². The summed E-state index contributed by atoms with van der Waals surface area (Å²) in [5, 5.41) is 0.859. The number of benzene rings is 2. The Morgan fingerprint density at radius 2 is 1.48 bits per heavy atom. The first-order valence-electron chi connectivity index (χ1n) is 7.84. The van der Waals surface area contributed by atoms with E-state index in [4.69, 9.17) is 9.47 Å². The SMILES string of the molecule is COc1cc(OC)cc(-c2ccc(-c3nc(C)c(C(C)=O)s3)cc2)c1. The molecule has 5 heteroatoms. The lowest BCUT2D eigenvalue weighted by Gasteiger charge is -2.09. The Bertz CT molecular complexity index is 891. The number of ether oxygens (including phenoxy) is 2. The summed E-state index contributed by atoms with van der Waals surface area (Å²) in [5.41, 5.74) is 3.86. The fourth-order valence-corrected chi connectivity index (χ4v) is 3.59. The van der Waals surface area contributed by atoms with Crippen LogP contribution in [0.1, 0.15) is 22.3 Å². The summed E-state index contributed by atoms with van der Waals surface area (Å²) >= 11 is 1.43. The predicted octanol–water partition coefficient (Wildman–Crippen LogP) is 5.01. The Kier molecular flexibility index (Phi) is 4.86. The molecule has 0 saturated carbocycles. The van der Waals surface area contributed by atoms with Crippen molar-refractivity contribution in [3.63, 3.8) is 0 Å². The van der Waals surface area contributed by atoms with Gasteiger partial charge in [-0.2, -0.15) is 0 Å². The quantitative estimate of drug-likeness (QED) is 0.605. The minimum absolute atomic E-state index is 0.0568. The summed E-state index contributed by atoms with van der Waals surface area (Å²) in [6.07, 6.45) is 0. The predicted molar refractivity (Wildman–Crippen MR) is 101 cm³/mol. The molecule has 2 aromatic carbocycles. The zero-order valence-electron chi connectivity index (χ0n) is 14.6. The standard InChI is InChI=1S/C20H19NO3S/c1-12-19(13(2)22)25-20(21-12)15-7-5-14(6-8-15)16-9-17(23-3)11-18(10-16)24-4/h5-11H,1-4H3. The Hall–Kier alpha value is -2.66. The van der Waals surface area contributed by atoms with Gasteiger partial charge in [0.2, 0.25) is 0 Å². The van der Waals surface area contributed by atoms with Crippen molar-refractivity contribution in [1.29, 1.82) is 0 Å². The number of ketones is 1. The molecule has 0 fully saturated rings. The van der Waals surface area contributed by atoms with Crippen molar-refractivity contribution >= 4 is 17.1 Å². The summed E-state index contributed by atoms with van der Waals surface area (Å²) in [6, 6.07) is 13.9. The van der Waals surface area contributed by atoms with Gasteiger partial charge in [-0.1, -0.05) is 24.3 Å². The van der Waals surface area contributed by atoms with Crippen LogP contribution in [0, 0.1) is 6.92 Å². The van der Waals surface area contributed by atoms with Crippen LogP contribution >= 0.6 is 11.3 Å². The number of carbonyl (C=O) groups is 1. The Labute approximate surface area is 151 Å². The molecule has 25 heavy (non-hydrogen) atoms. The van der Waals surface area contributed by atoms with E-state index >= 15 is 0 Å². The molecule has 0 bridgehead atoms. The van der Waals surface area contributed by atoms with Crippen LogP contribution in [0.3, 0.4) is 0 Å². The number of Topliss-reactive ketones (excluding diaryl/α,β-unsaturated/α-hetero) is 1. The molecular weight excluding hydrogens is 334 g/mol. The second-order valence-electron chi connectivity index (χ2n) is 5.67. The fraction of sp³-hybridized carbons (Fsp3) is 0.200. The van der Waals surface area contributed by atoms with Crippen LogP contribution in [-0.4, -0.2) is 25.0 Å². The molecule has 0 amide bonds. The summed E-state index contributed by atoms with van der Waals surface area (Å²) in [5.74, 6) is 1.56. The third-order valence-corrected chi connectivity index (χ3v) is 5.24. The monoisotopic (exact) mass is 353 g/mol. The number of methoxy groups -OCH3 is 2. The van der Waals surface area contributed by atoms with Crippen molar-refractivity contribution in [3.8, 4) is 33.2 Å². The van der Waals surface area contributed by atoms with Crippen molar-refractivity contribution in [2.24, 2.45) is 0 Å². The topological polar surface area (TPSA) is 48.4 Å². The van der Waals surface area contributed by atoms with Crippen LogP contribution in [-0.2, 0) is 0 Å². The number of rotatable bonds is 5. The smallest absolute Gasteiger partial charge is 0.171 e. The Morgan fingerprint density at radius 3 is 1.96 bits per heavy atom. The zero-order chi connectivity index (χ0) is 18.0. The van der Waals surface area contributed by atoms with Crippen molar-refractivity contribution in [2.75, 3.05) is 14.2 Å². The van der Waals surface area contributed by atoms with Gasteiger partial charge in [0.05, 0.1) is 24.8 Å². The molecule has 3 rings (SSSR count). The molecule has 1 heterocycles. The zero-order valence-corrected chi connectivity index (χ0v) is 15.4. The van der Waals surface area contributed by atoms with Gasteiger partial charge < -0.3 is 9.47 Å². The average Bonchev–Trinajstić information content (AvgIpc) is 3.03. The molecule has 0 saturated heterocycles. The molecule has 1 aromatic heterocycles. The Balaban J connectivity index is 1.95. The molecule has 0 atom stereocenters. The lowest BCUT2D eigenvalue weighted by Crippen LogP contribution is -1.89. The molecule has 3 aromatic rings. The van der Waals surface area contributed by atoms with Gasteiger partial charge in [-0.25, -0.2) is 4.98 Å². The van der Waals surface area contributed by atoms with Crippen LogP contribution in [0.5, 0.6) is 11.5 Å². The molecule has 0 unspecified atom stereocenters. The van der Waals surface area contributed by atoms with Gasteiger partial charge >= 0.3 is 0 Å². The number of nitrogens with zero attached hydrogens (tertiary/aromatic N) is 1. The van der Waals surface area contributed by atoms with E-state index in [1.165, 1.54) is 11.3 Å². The van der Waals surface area contributed by atoms with E-state index < -0.39 is 0 Å². The summed E-state index contributed by atoms with van der Waals surface area (Å²) < 4.78 is 10.7. The van der Waals surface area contributed by atoms with E-state index in [1.807, 2.05) is 49.4 Å². The molecule has 0 N–H and O–H groups in total. The van der Waals surface area contributed by atoms with Crippen molar-refractivity contribution < 1.29 is 14.3 Å². The number of aryl methyl sites for hydroxylation is 1. The number of hydrogen-bond donors (Lipinski definition) is 0. The van der Waals surface area contributed by atoms with E-state index in [0.29, 0.717) is 0 Å². The molecule has 128 valence electrons. The second-order valence-corrected chi connectivity index (χ2v) is 6.67. The first-order chi connectivity index (χ1) is 12.0. The second kappa shape index (κ2) is 7.07. The lowest BCUT2D eigenvalue weighted by atomic mass is 10.0. The van der Waals surface area contributed by atoms with Crippen molar-refractivity contribution in [1.82, 2.24) is 4.98 Å². The van der Waals surface area contributed by atoms with Gasteiger partial charge in [0.25, 0.3) is 0 Å². The first-order valence-corrected chi connectivity index (χ1v) is 8.65. The molecule has 0 radical (unpaired) electrons.